The molecule has 1 N–H and O–H groups in total. The fourth-order valence-corrected chi connectivity index (χ4v) is 3.65. The number of rotatable bonds is 6. The quantitative estimate of drug-likeness (QED) is 0.593. The van der Waals surface area contributed by atoms with E-state index in [0.29, 0.717) is 28.0 Å². The molecule has 0 aliphatic carbocycles. The summed E-state index contributed by atoms with van der Waals surface area (Å²) < 4.78 is 25.2. The van der Waals surface area contributed by atoms with Crippen LogP contribution in [0.1, 0.15) is 5.69 Å². The Kier molecular flexibility index (Phi) is 5.78. The van der Waals surface area contributed by atoms with Gasteiger partial charge in [0.15, 0.2) is 0 Å². The molecule has 1 aromatic heterocycles. The molecule has 0 aliphatic heterocycles. The van der Waals surface area contributed by atoms with E-state index in [4.69, 9.17) is 0 Å². The van der Waals surface area contributed by atoms with Gasteiger partial charge in [-0.05, 0) is 12.1 Å². The number of aromatic nitrogens is 1. The van der Waals surface area contributed by atoms with Gasteiger partial charge < -0.3 is 5.32 Å². The van der Waals surface area contributed by atoms with Crippen LogP contribution in [0.5, 0.6) is 0 Å². The Balaban J connectivity index is 1.67. The minimum absolute atomic E-state index is 0.0943. The Labute approximate surface area is 152 Å². The predicted octanol–water partition coefficient (Wildman–Crippen LogP) is 5.31. The average molecular weight is 376 g/mol. The van der Waals surface area contributed by atoms with Gasteiger partial charge in [-0.2, -0.15) is 8.78 Å². The lowest BCUT2D eigenvalue weighted by molar-refractivity contribution is -0.115. The van der Waals surface area contributed by atoms with E-state index in [1.54, 1.807) is 24.3 Å². The third kappa shape index (κ3) is 4.87. The molecule has 3 aromatic rings. The fraction of sp³-hybridized carbons (Fsp3) is 0.111. The zero-order chi connectivity index (χ0) is 17.6. The van der Waals surface area contributed by atoms with Gasteiger partial charge in [-0.25, -0.2) is 4.98 Å². The normalized spacial score (nSPS) is 10.8. The first-order chi connectivity index (χ1) is 12.1. The maximum Gasteiger partial charge on any atom is 0.288 e. The summed E-state index contributed by atoms with van der Waals surface area (Å²) >= 11 is 1.88. The summed E-state index contributed by atoms with van der Waals surface area (Å²) in [4.78, 5) is 17.0. The average Bonchev–Trinajstić information content (AvgIpc) is 3.05. The Morgan fingerprint density at radius 3 is 2.60 bits per heavy atom. The topological polar surface area (TPSA) is 42.0 Å². The molecular weight excluding hydrogens is 362 g/mol. The molecule has 0 spiro atoms. The van der Waals surface area contributed by atoms with Crippen LogP contribution in [0.4, 0.5) is 14.5 Å². The first-order valence-electron chi connectivity index (χ1n) is 7.45. The summed E-state index contributed by atoms with van der Waals surface area (Å²) in [5, 5.41) is 5.36. The number of para-hydroxylation sites is 1. The Bertz CT molecular complexity index is 853. The summed E-state index contributed by atoms with van der Waals surface area (Å²) in [5.41, 5.74) is 2.04. The van der Waals surface area contributed by atoms with Crippen LogP contribution in [-0.4, -0.2) is 16.6 Å². The van der Waals surface area contributed by atoms with Gasteiger partial charge in [0.05, 0.1) is 17.8 Å². The number of halogens is 2. The van der Waals surface area contributed by atoms with Gasteiger partial charge in [0.1, 0.15) is 5.01 Å². The number of thioether (sulfide) groups is 1. The number of thiazole rings is 1. The van der Waals surface area contributed by atoms with Crippen molar-refractivity contribution in [3.63, 3.8) is 0 Å². The molecule has 128 valence electrons. The number of nitrogens with zero attached hydrogens (tertiary/aromatic N) is 1. The summed E-state index contributed by atoms with van der Waals surface area (Å²) in [6.45, 7) is 0. The largest absolute Gasteiger partial charge is 0.325 e. The lowest BCUT2D eigenvalue weighted by Crippen LogP contribution is -2.15. The number of benzene rings is 2. The molecule has 0 atom stereocenters. The highest BCUT2D eigenvalue weighted by molar-refractivity contribution is 7.99. The highest BCUT2D eigenvalue weighted by Crippen LogP contribution is 2.31. The standard InChI is InChI=1S/C18H14F2N2OS2/c19-18(20)25-15-9-5-4-8-14(15)22-16(23)10-13-11-24-17(21-13)12-6-2-1-3-7-12/h1-9,11,18H,10H2,(H,22,23). The molecule has 1 amide bonds. The van der Waals surface area contributed by atoms with Gasteiger partial charge in [-0.1, -0.05) is 54.2 Å². The number of hydrogen-bond acceptors (Lipinski definition) is 4. The summed E-state index contributed by atoms with van der Waals surface area (Å²) in [5.74, 6) is -2.82. The lowest BCUT2D eigenvalue weighted by Gasteiger charge is -2.09. The van der Waals surface area contributed by atoms with Crippen LogP contribution in [0, 0.1) is 0 Å². The van der Waals surface area contributed by atoms with Gasteiger partial charge in [-0.15, -0.1) is 11.3 Å². The van der Waals surface area contributed by atoms with E-state index in [0.717, 1.165) is 10.6 Å². The second-order valence-corrected chi connectivity index (χ2v) is 7.00. The van der Waals surface area contributed by atoms with Gasteiger partial charge in [-0.3, -0.25) is 4.79 Å². The molecule has 7 heteroatoms. The monoisotopic (exact) mass is 376 g/mol. The highest BCUT2D eigenvalue weighted by Gasteiger charge is 2.13. The molecule has 0 radical (unpaired) electrons. The second kappa shape index (κ2) is 8.22. The van der Waals surface area contributed by atoms with Crippen molar-refractivity contribution in [2.75, 3.05) is 5.32 Å². The molecule has 3 rings (SSSR count). The van der Waals surface area contributed by atoms with E-state index in [2.05, 4.69) is 10.3 Å². The van der Waals surface area contributed by atoms with Crippen LogP contribution < -0.4 is 5.32 Å². The van der Waals surface area contributed by atoms with E-state index in [1.807, 2.05) is 35.7 Å². The van der Waals surface area contributed by atoms with E-state index < -0.39 is 5.76 Å². The smallest absolute Gasteiger partial charge is 0.288 e. The zero-order valence-corrected chi connectivity index (χ0v) is 14.6. The van der Waals surface area contributed by atoms with Crippen LogP contribution in [0.25, 0.3) is 10.6 Å². The molecule has 0 saturated carbocycles. The van der Waals surface area contributed by atoms with Crippen molar-refractivity contribution in [2.45, 2.75) is 17.1 Å². The summed E-state index contributed by atoms with van der Waals surface area (Å²) in [6, 6.07) is 16.2. The van der Waals surface area contributed by atoms with Gasteiger partial charge in [0, 0.05) is 15.8 Å². The van der Waals surface area contributed by atoms with Crippen molar-refractivity contribution in [1.82, 2.24) is 4.98 Å². The summed E-state index contributed by atoms with van der Waals surface area (Å²) in [6.07, 6.45) is 0.0943. The minimum atomic E-state index is -2.54. The number of hydrogen-bond donors (Lipinski definition) is 1. The van der Waals surface area contributed by atoms with Crippen molar-refractivity contribution in [1.29, 1.82) is 0 Å². The predicted molar refractivity (Wildman–Crippen MR) is 98.2 cm³/mol. The molecule has 0 bridgehead atoms. The number of amides is 1. The van der Waals surface area contributed by atoms with Crippen molar-refractivity contribution < 1.29 is 13.6 Å². The van der Waals surface area contributed by atoms with E-state index in [-0.39, 0.29) is 12.3 Å². The first kappa shape index (κ1) is 17.6. The molecule has 0 fully saturated rings. The lowest BCUT2D eigenvalue weighted by atomic mass is 10.2. The third-order valence-electron chi connectivity index (χ3n) is 3.29. The van der Waals surface area contributed by atoms with Crippen LogP contribution in [0.15, 0.2) is 64.9 Å². The maximum atomic E-state index is 12.6. The van der Waals surface area contributed by atoms with Crippen molar-refractivity contribution >= 4 is 34.7 Å². The molecule has 2 aromatic carbocycles. The Morgan fingerprint density at radius 1 is 1.12 bits per heavy atom. The molecule has 0 aliphatic rings. The van der Waals surface area contributed by atoms with Crippen molar-refractivity contribution in [2.24, 2.45) is 0 Å². The minimum Gasteiger partial charge on any atom is -0.325 e. The summed E-state index contributed by atoms with van der Waals surface area (Å²) in [7, 11) is 0. The van der Waals surface area contributed by atoms with Crippen molar-refractivity contribution in [3.05, 3.63) is 65.7 Å². The van der Waals surface area contributed by atoms with E-state index in [1.165, 1.54) is 11.3 Å². The number of carbonyl (C=O) groups excluding carboxylic acids is 1. The van der Waals surface area contributed by atoms with E-state index >= 15 is 0 Å². The van der Waals surface area contributed by atoms with Crippen LogP contribution >= 0.6 is 23.1 Å². The molecule has 25 heavy (non-hydrogen) atoms. The Hall–Kier alpha value is -2.25. The van der Waals surface area contributed by atoms with Crippen LogP contribution in [0.2, 0.25) is 0 Å². The van der Waals surface area contributed by atoms with Gasteiger partial charge in [0.25, 0.3) is 5.76 Å². The molecule has 1 heterocycles. The SMILES string of the molecule is O=C(Cc1csc(-c2ccccc2)n1)Nc1ccccc1SC(F)F. The van der Waals surface area contributed by atoms with E-state index in [9.17, 15) is 13.6 Å². The fourth-order valence-electron chi connectivity index (χ4n) is 2.23. The van der Waals surface area contributed by atoms with Gasteiger partial charge in [0.2, 0.25) is 5.91 Å². The number of alkyl halides is 2. The number of carbonyl (C=O) groups is 1. The van der Waals surface area contributed by atoms with Crippen molar-refractivity contribution in [3.8, 4) is 10.6 Å². The van der Waals surface area contributed by atoms with Gasteiger partial charge >= 0.3 is 0 Å². The van der Waals surface area contributed by atoms with Crippen LogP contribution in [-0.2, 0) is 11.2 Å². The number of nitrogens with one attached hydrogen (secondary N) is 1. The van der Waals surface area contributed by atoms with Crippen LogP contribution in [0.3, 0.4) is 0 Å². The molecule has 3 nitrogen and oxygen atoms in total. The highest BCUT2D eigenvalue weighted by atomic mass is 32.2. The number of anilines is 1. The first-order valence-corrected chi connectivity index (χ1v) is 9.21. The molecule has 0 unspecified atom stereocenters. The Morgan fingerprint density at radius 2 is 1.84 bits per heavy atom. The molecular formula is C18H14F2N2OS2. The maximum absolute atomic E-state index is 12.6. The third-order valence-corrected chi connectivity index (χ3v) is 5.02. The molecule has 0 saturated heterocycles. The second-order valence-electron chi connectivity index (χ2n) is 5.11. The zero-order valence-electron chi connectivity index (χ0n) is 13.0.